The molecule has 0 aliphatic heterocycles. The zero-order chi connectivity index (χ0) is 17.0. The predicted octanol–water partition coefficient (Wildman–Crippen LogP) is 2.91. The monoisotopic (exact) mass is 316 g/mol. The number of carboxylic acid groups (broad SMARTS) is 1. The molecule has 122 valence electrons. The SMILES string of the molecule is CC(C)c1cc(C(=O)N(Cc2ccccc2)C(C)C(=O)O)on1. The maximum atomic E-state index is 12.7. The van der Waals surface area contributed by atoms with Crippen LogP contribution in [0.5, 0.6) is 0 Å². The fraction of sp³-hybridized carbons (Fsp3) is 0.353. The number of hydrogen-bond donors (Lipinski definition) is 1. The molecule has 0 fully saturated rings. The Hall–Kier alpha value is -2.63. The van der Waals surface area contributed by atoms with Crippen molar-refractivity contribution in [3.8, 4) is 0 Å². The number of hydrogen-bond acceptors (Lipinski definition) is 4. The molecule has 1 N–H and O–H groups in total. The van der Waals surface area contributed by atoms with Gasteiger partial charge in [0.05, 0.1) is 5.69 Å². The predicted molar refractivity (Wildman–Crippen MR) is 84.0 cm³/mol. The van der Waals surface area contributed by atoms with Crippen molar-refractivity contribution >= 4 is 11.9 Å². The molecule has 0 spiro atoms. The van der Waals surface area contributed by atoms with Crippen molar-refractivity contribution < 1.29 is 19.2 Å². The number of amides is 1. The van der Waals surface area contributed by atoms with Gasteiger partial charge in [0.1, 0.15) is 6.04 Å². The molecule has 1 atom stereocenters. The molecule has 0 aliphatic rings. The van der Waals surface area contributed by atoms with Crippen LogP contribution in [0, 0.1) is 0 Å². The maximum Gasteiger partial charge on any atom is 0.326 e. The zero-order valence-corrected chi connectivity index (χ0v) is 13.4. The summed E-state index contributed by atoms with van der Waals surface area (Å²) < 4.78 is 5.10. The Labute approximate surface area is 134 Å². The highest BCUT2D eigenvalue weighted by Crippen LogP contribution is 2.18. The van der Waals surface area contributed by atoms with Crippen molar-refractivity contribution in [2.24, 2.45) is 0 Å². The molecule has 0 radical (unpaired) electrons. The number of rotatable bonds is 6. The molecular weight excluding hydrogens is 296 g/mol. The average molecular weight is 316 g/mol. The van der Waals surface area contributed by atoms with E-state index in [2.05, 4.69) is 5.16 Å². The van der Waals surface area contributed by atoms with Crippen LogP contribution in [0.1, 0.15) is 48.5 Å². The molecule has 6 heteroatoms. The Morgan fingerprint density at radius 1 is 1.22 bits per heavy atom. The van der Waals surface area contributed by atoms with Gasteiger partial charge in [-0.15, -0.1) is 0 Å². The summed E-state index contributed by atoms with van der Waals surface area (Å²) in [4.78, 5) is 25.3. The quantitative estimate of drug-likeness (QED) is 0.886. The van der Waals surface area contributed by atoms with Gasteiger partial charge >= 0.3 is 5.97 Å². The zero-order valence-electron chi connectivity index (χ0n) is 13.4. The third-order valence-electron chi connectivity index (χ3n) is 3.61. The van der Waals surface area contributed by atoms with E-state index in [9.17, 15) is 14.7 Å². The average Bonchev–Trinajstić information content (AvgIpc) is 3.02. The van der Waals surface area contributed by atoms with E-state index in [1.165, 1.54) is 11.8 Å². The minimum Gasteiger partial charge on any atom is -0.480 e. The molecule has 1 aromatic heterocycles. The minimum absolute atomic E-state index is 0.0535. The smallest absolute Gasteiger partial charge is 0.326 e. The van der Waals surface area contributed by atoms with E-state index in [1.807, 2.05) is 44.2 Å². The second-order valence-electron chi connectivity index (χ2n) is 5.70. The van der Waals surface area contributed by atoms with Crippen LogP contribution in [-0.4, -0.2) is 33.1 Å². The number of nitrogens with zero attached hydrogens (tertiary/aromatic N) is 2. The molecule has 2 aromatic rings. The third kappa shape index (κ3) is 3.97. The van der Waals surface area contributed by atoms with Gasteiger partial charge in [0.25, 0.3) is 5.91 Å². The molecule has 0 saturated heterocycles. The third-order valence-corrected chi connectivity index (χ3v) is 3.61. The van der Waals surface area contributed by atoms with Gasteiger partial charge in [-0.25, -0.2) is 4.79 Å². The maximum absolute atomic E-state index is 12.7. The Bertz CT molecular complexity index is 679. The van der Waals surface area contributed by atoms with Gasteiger partial charge in [-0.1, -0.05) is 49.3 Å². The minimum atomic E-state index is -1.07. The van der Waals surface area contributed by atoms with Crippen molar-refractivity contribution in [3.05, 3.63) is 53.4 Å². The van der Waals surface area contributed by atoms with Gasteiger partial charge in [-0.05, 0) is 18.4 Å². The number of aliphatic carboxylic acids is 1. The second-order valence-corrected chi connectivity index (χ2v) is 5.70. The first-order valence-corrected chi connectivity index (χ1v) is 7.44. The van der Waals surface area contributed by atoms with E-state index in [4.69, 9.17) is 4.52 Å². The molecule has 0 bridgehead atoms. The van der Waals surface area contributed by atoms with Crippen LogP contribution in [0.15, 0.2) is 40.9 Å². The van der Waals surface area contributed by atoms with Crippen molar-refractivity contribution in [3.63, 3.8) is 0 Å². The van der Waals surface area contributed by atoms with Crippen LogP contribution in [0.25, 0.3) is 0 Å². The highest BCUT2D eigenvalue weighted by molar-refractivity contribution is 5.94. The summed E-state index contributed by atoms with van der Waals surface area (Å²) in [7, 11) is 0. The Kier molecular flexibility index (Phi) is 5.16. The van der Waals surface area contributed by atoms with E-state index < -0.39 is 17.9 Å². The molecule has 0 saturated carbocycles. The molecule has 6 nitrogen and oxygen atoms in total. The summed E-state index contributed by atoms with van der Waals surface area (Å²) in [5.74, 6) is -1.38. The summed E-state index contributed by atoms with van der Waals surface area (Å²) in [5, 5.41) is 13.1. The van der Waals surface area contributed by atoms with Crippen LogP contribution in [-0.2, 0) is 11.3 Å². The van der Waals surface area contributed by atoms with Gasteiger partial charge < -0.3 is 14.5 Å². The highest BCUT2D eigenvalue weighted by atomic mass is 16.5. The number of carbonyl (C=O) groups excluding carboxylic acids is 1. The number of carboxylic acids is 1. The van der Waals surface area contributed by atoms with Gasteiger partial charge in [0, 0.05) is 12.6 Å². The van der Waals surface area contributed by atoms with E-state index in [0.29, 0.717) is 5.69 Å². The van der Waals surface area contributed by atoms with E-state index >= 15 is 0 Å². The lowest BCUT2D eigenvalue weighted by Crippen LogP contribution is -2.42. The van der Waals surface area contributed by atoms with Crippen molar-refractivity contribution in [1.29, 1.82) is 0 Å². The first-order chi connectivity index (χ1) is 10.9. The van der Waals surface area contributed by atoms with Crippen LogP contribution < -0.4 is 0 Å². The lowest BCUT2D eigenvalue weighted by Gasteiger charge is -2.25. The molecule has 1 heterocycles. The number of aromatic nitrogens is 1. The molecule has 2 rings (SSSR count). The molecule has 0 aliphatic carbocycles. The standard InChI is InChI=1S/C17H20N2O4/c1-11(2)14-9-15(23-18-14)16(20)19(12(3)17(21)22)10-13-7-5-4-6-8-13/h4-9,11-12H,10H2,1-3H3,(H,21,22). The van der Waals surface area contributed by atoms with Crippen LogP contribution in [0.4, 0.5) is 0 Å². The fourth-order valence-corrected chi connectivity index (χ4v) is 2.10. The molecule has 1 amide bonds. The summed E-state index contributed by atoms with van der Waals surface area (Å²) >= 11 is 0. The number of carbonyl (C=O) groups is 2. The Balaban J connectivity index is 2.28. The Morgan fingerprint density at radius 2 is 1.87 bits per heavy atom. The molecule has 1 aromatic carbocycles. The van der Waals surface area contributed by atoms with Crippen LogP contribution in [0.2, 0.25) is 0 Å². The van der Waals surface area contributed by atoms with Gasteiger partial charge in [0.15, 0.2) is 0 Å². The molecular formula is C17H20N2O4. The highest BCUT2D eigenvalue weighted by Gasteiger charge is 2.29. The van der Waals surface area contributed by atoms with E-state index in [1.54, 1.807) is 6.07 Å². The fourth-order valence-electron chi connectivity index (χ4n) is 2.10. The topological polar surface area (TPSA) is 83.6 Å². The number of benzene rings is 1. The first kappa shape index (κ1) is 16.7. The summed E-state index contributed by atoms with van der Waals surface area (Å²) in [5.41, 5.74) is 1.51. The van der Waals surface area contributed by atoms with Gasteiger partial charge in [-0.2, -0.15) is 0 Å². The van der Waals surface area contributed by atoms with Crippen molar-refractivity contribution in [1.82, 2.24) is 10.1 Å². The van der Waals surface area contributed by atoms with Gasteiger partial charge in [-0.3, -0.25) is 4.79 Å². The largest absolute Gasteiger partial charge is 0.480 e. The van der Waals surface area contributed by atoms with Crippen molar-refractivity contribution in [2.75, 3.05) is 0 Å². The molecule has 23 heavy (non-hydrogen) atoms. The van der Waals surface area contributed by atoms with Crippen LogP contribution >= 0.6 is 0 Å². The second kappa shape index (κ2) is 7.09. The Morgan fingerprint density at radius 3 is 2.39 bits per heavy atom. The molecule has 1 unspecified atom stereocenters. The van der Waals surface area contributed by atoms with Gasteiger partial charge in [0.2, 0.25) is 5.76 Å². The first-order valence-electron chi connectivity index (χ1n) is 7.44. The van der Waals surface area contributed by atoms with E-state index in [0.717, 1.165) is 5.56 Å². The van der Waals surface area contributed by atoms with E-state index in [-0.39, 0.29) is 18.2 Å². The summed E-state index contributed by atoms with van der Waals surface area (Å²) in [6, 6.07) is 9.82. The summed E-state index contributed by atoms with van der Waals surface area (Å²) in [6.07, 6.45) is 0. The lowest BCUT2D eigenvalue weighted by molar-refractivity contribution is -0.141. The van der Waals surface area contributed by atoms with Crippen LogP contribution in [0.3, 0.4) is 0 Å². The lowest BCUT2D eigenvalue weighted by atomic mass is 10.1. The van der Waals surface area contributed by atoms with Crippen molar-refractivity contribution in [2.45, 2.75) is 39.3 Å². The summed E-state index contributed by atoms with van der Waals surface area (Å²) in [6.45, 7) is 5.54. The normalized spacial score (nSPS) is 12.2.